The Morgan fingerprint density at radius 3 is 3.11 bits per heavy atom. The second-order valence-electron chi connectivity index (χ2n) is 4.99. The Bertz CT molecular complexity index is 444. The minimum absolute atomic E-state index is 0.230. The zero-order chi connectivity index (χ0) is 13.8. The fourth-order valence-electron chi connectivity index (χ4n) is 2.48. The number of carbonyl (C=O) groups excluding carboxylic acids is 1. The third-order valence-electron chi connectivity index (χ3n) is 3.47. The SMILES string of the molecule is CCOC(=O)c1cnn(C)c1CN1CCCC(N)C1. The van der Waals surface area contributed by atoms with E-state index in [4.69, 9.17) is 10.5 Å². The van der Waals surface area contributed by atoms with Gasteiger partial charge in [0, 0.05) is 26.2 Å². The van der Waals surface area contributed by atoms with Gasteiger partial charge in [0.05, 0.1) is 18.5 Å². The smallest absolute Gasteiger partial charge is 0.341 e. The summed E-state index contributed by atoms with van der Waals surface area (Å²) >= 11 is 0. The number of esters is 1. The lowest BCUT2D eigenvalue weighted by molar-refractivity contribution is 0.0523. The lowest BCUT2D eigenvalue weighted by Gasteiger charge is -2.30. The molecular formula is C13H22N4O2. The van der Waals surface area contributed by atoms with Gasteiger partial charge in [-0.15, -0.1) is 0 Å². The quantitative estimate of drug-likeness (QED) is 0.804. The van der Waals surface area contributed by atoms with Crippen LogP contribution in [-0.2, 0) is 18.3 Å². The summed E-state index contributed by atoms with van der Waals surface area (Å²) in [5.74, 6) is -0.299. The van der Waals surface area contributed by atoms with Crippen LogP contribution in [0.1, 0.15) is 35.8 Å². The number of rotatable bonds is 4. The van der Waals surface area contributed by atoms with Crippen LogP contribution in [0.25, 0.3) is 0 Å². The van der Waals surface area contributed by atoms with Gasteiger partial charge in [0.1, 0.15) is 5.56 Å². The van der Waals surface area contributed by atoms with Crippen molar-refractivity contribution in [2.45, 2.75) is 32.4 Å². The van der Waals surface area contributed by atoms with E-state index in [9.17, 15) is 4.79 Å². The van der Waals surface area contributed by atoms with Crippen LogP contribution in [0.15, 0.2) is 6.20 Å². The molecule has 19 heavy (non-hydrogen) atoms. The minimum Gasteiger partial charge on any atom is -0.462 e. The Morgan fingerprint density at radius 2 is 2.42 bits per heavy atom. The van der Waals surface area contributed by atoms with Crippen LogP contribution in [0.2, 0.25) is 0 Å². The van der Waals surface area contributed by atoms with Gasteiger partial charge in [-0.3, -0.25) is 9.58 Å². The summed E-state index contributed by atoms with van der Waals surface area (Å²) in [6, 6.07) is 0.230. The number of nitrogens with two attached hydrogens (primary N) is 1. The van der Waals surface area contributed by atoms with Crippen LogP contribution in [0.3, 0.4) is 0 Å². The van der Waals surface area contributed by atoms with E-state index < -0.39 is 0 Å². The summed E-state index contributed by atoms with van der Waals surface area (Å²) < 4.78 is 6.80. The monoisotopic (exact) mass is 266 g/mol. The molecule has 6 nitrogen and oxygen atoms in total. The van der Waals surface area contributed by atoms with Gasteiger partial charge in [0.15, 0.2) is 0 Å². The maximum absolute atomic E-state index is 11.9. The molecule has 1 aliphatic heterocycles. The van der Waals surface area contributed by atoms with E-state index in [0.717, 1.165) is 31.6 Å². The largest absolute Gasteiger partial charge is 0.462 e. The summed E-state index contributed by atoms with van der Waals surface area (Å²) in [5, 5.41) is 4.16. The van der Waals surface area contributed by atoms with Crippen molar-refractivity contribution in [3.63, 3.8) is 0 Å². The molecule has 1 aliphatic rings. The average molecular weight is 266 g/mol. The molecule has 0 radical (unpaired) electrons. The Labute approximate surface area is 113 Å². The summed E-state index contributed by atoms with van der Waals surface area (Å²) in [6.07, 6.45) is 3.76. The molecule has 0 aromatic carbocycles. The first-order valence-corrected chi connectivity index (χ1v) is 6.77. The molecule has 106 valence electrons. The lowest BCUT2D eigenvalue weighted by atomic mass is 10.1. The normalized spacial score (nSPS) is 20.5. The predicted molar refractivity (Wildman–Crippen MR) is 71.7 cm³/mol. The molecule has 1 unspecified atom stereocenters. The first-order valence-electron chi connectivity index (χ1n) is 6.77. The molecule has 0 amide bonds. The predicted octanol–water partition coefficient (Wildman–Crippen LogP) is 0.520. The van der Waals surface area contributed by atoms with Crippen molar-refractivity contribution >= 4 is 5.97 Å². The number of ether oxygens (including phenoxy) is 1. The molecule has 2 heterocycles. The van der Waals surface area contributed by atoms with Gasteiger partial charge in [-0.2, -0.15) is 5.10 Å². The Hall–Kier alpha value is -1.40. The highest BCUT2D eigenvalue weighted by Crippen LogP contribution is 2.16. The van der Waals surface area contributed by atoms with Crippen molar-refractivity contribution in [3.05, 3.63) is 17.5 Å². The zero-order valence-corrected chi connectivity index (χ0v) is 11.6. The number of hydrogen-bond donors (Lipinski definition) is 1. The fourth-order valence-corrected chi connectivity index (χ4v) is 2.48. The molecule has 0 bridgehead atoms. The van der Waals surface area contributed by atoms with Crippen LogP contribution >= 0.6 is 0 Å². The molecule has 1 fully saturated rings. The van der Waals surface area contributed by atoms with Crippen LogP contribution in [-0.4, -0.2) is 46.4 Å². The molecule has 1 atom stereocenters. The number of carbonyl (C=O) groups is 1. The molecule has 2 N–H and O–H groups in total. The van der Waals surface area contributed by atoms with Gasteiger partial charge >= 0.3 is 5.97 Å². The first kappa shape index (κ1) is 14.0. The summed E-state index contributed by atoms with van der Waals surface area (Å²) in [7, 11) is 1.85. The minimum atomic E-state index is -0.299. The average Bonchev–Trinajstić information content (AvgIpc) is 2.72. The van der Waals surface area contributed by atoms with Gasteiger partial charge in [-0.1, -0.05) is 0 Å². The van der Waals surface area contributed by atoms with E-state index in [1.165, 1.54) is 0 Å². The molecule has 0 spiro atoms. The Morgan fingerprint density at radius 1 is 1.63 bits per heavy atom. The second-order valence-corrected chi connectivity index (χ2v) is 4.99. The number of hydrogen-bond acceptors (Lipinski definition) is 5. The molecule has 1 saturated heterocycles. The highest BCUT2D eigenvalue weighted by atomic mass is 16.5. The lowest BCUT2D eigenvalue weighted by Crippen LogP contribution is -2.42. The van der Waals surface area contributed by atoms with Crippen molar-refractivity contribution in [1.29, 1.82) is 0 Å². The van der Waals surface area contributed by atoms with E-state index in [-0.39, 0.29) is 12.0 Å². The highest BCUT2D eigenvalue weighted by Gasteiger charge is 2.22. The van der Waals surface area contributed by atoms with Gasteiger partial charge < -0.3 is 10.5 Å². The Balaban J connectivity index is 2.10. The summed E-state index contributed by atoms with van der Waals surface area (Å²) in [4.78, 5) is 14.1. The third-order valence-corrected chi connectivity index (χ3v) is 3.47. The molecule has 0 saturated carbocycles. The molecule has 0 aliphatic carbocycles. The number of nitrogens with zero attached hydrogens (tertiary/aromatic N) is 3. The van der Waals surface area contributed by atoms with Crippen LogP contribution < -0.4 is 5.73 Å². The maximum atomic E-state index is 11.9. The zero-order valence-electron chi connectivity index (χ0n) is 11.6. The summed E-state index contributed by atoms with van der Waals surface area (Å²) in [5.41, 5.74) is 7.44. The topological polar surface area (TPSA) is 73.4 Å². The number of aryl methyl sites for hydroxylation is 1. The van der Waals surface area contributed by atoms with Crippen molar-refractivity contribution in [2.24, 2.45) is 12.8 Å². The van der Waals surface area contributed by atoms with Crippen molar-refractivity contribution in [2.75, 3.05) is 19.7 Å². The molecule has 2 rings (SSSR count). The van der Waals surface area contributed by atoms with Crippen LogP contribution in [0.5, 0.6) is 0 Å². The van der Waals surface area contributed by atoms with Crippen molar-refractivity contribution in [1.82, 2.24) is 14.7 Å². The molecule has 6 heteroatoms. The molecule has 1 aromatic heterocycles. The van der Waals surface area contributed by atoms with E-state index >= 15 is 0 Å². The number of piperidine rings is 1. The van der Waals surface area contributed by atoms with E-state index in [1.54, 1.807) is 17.8 Å². The van der Waals surface area contributed by atoms with Crippen LogP contribution in [0.4, 0.5) is 0 Å². The Kier molecular flexibility index (Phi) is 4.55. The van der Waals surface area contributed by atoms with E-state index in [0.29, 0.717) is 18.7 Å². The van der Waals surface area contributed by atoms with Gasteiger partial charge in [0.25, 0.3) is 0 Å². The molecule has 1 aromatic rings. The van der Waals surface area contributed by atoms with Crippen LogP contribution in [0, 0.1) is 0 Å². The van der Waals surface area contributed by atoms with Gasteiger partial charge in [0.2, 0.25) is 0 Å². The standard InChI is InChI=1S/C13H22N4O2/c1-3-19-13(18)11-7-15-16(2)12(11)9-17-6-4-5-10(14)8-17/h7,10H,3-6,8-9,14H2,1-2H3. The van der Waals surface area contributed by atoms with Crippen molar-refractivity contribution in [3.8, 4) is 0 Å². The van der Waals surface area contributed by atoms with E-state index in [1.807, 2.05) is 7.05 Å². The third kappa shape index (κ3) is 3.33. The molecular weight excluding hydrogens is 244 g/mol. The second kappa shape index (κ2) is 6.16. The number of likely N-dealkylation sites (tertiary alicyclic amines) is 1. The fraction of sp³-hybridized carbons (Fsp3) is 0.692. The highest BCUT2D eigenvalue weighted by molar-refractivity contribution is 5.90. The number of aromatic nitrogens is 2. The summed E-state index contributed by atoms with van der Waals surface area (Å²) in [6.45, 7) is 4.76. The van der Waals surface area contributed by atoms with Crippen molar-refractivity contribution < 1.29 is 9.53 Å². The van der Waals surface area contributed by atoms with Gasteiger partial charge in [-0.05, 0) is 26.3 Å². The first-order chi connectivity index (χ1) is 9.11. The van der Waals surface area contributed by atoms with E-state index in [2.05, 4.69) is 10.00 Å². The maximum Gasteiger partial charge on any atom is 0.341 e. The van der Waals surface area contributed by atoms with Gasteiger partial charge in [-0.25, -0.2) is 4.79 Å².